The second-order valence-corrected chi connectivity index (χ2v) is 5.15. The summed E-state index contributed by atoms with van der Waals surface area (Å²) >= 11 is 6.06. The largest absolute Gasteiger partial charge is 0.460 e. The van der Waals surface area contributed by atoms with Gasteiger partial charge in [-0.05, 0) is 25.1 Å². The van der Waals surface area contributed by atoms with Gasteiger partial charge in [0.1, 0.15) is 11.4 Å². The Bertz CT molecular complexity index is 839. The molecule has 0 saturated carbocycles. The second-order valence-electron chi connectivity index (χ2n) is 4.71. The first-order chi connectivity index (χ1) is 11.2. The third-order valence-electron chi connectivity index (χ3n) is 3.22. The topological polar surface area (TPSA) is 77.2 Å². The highest BCUT2D eigenvalue weighted by molar-refractivity contribution is 8.93. The van der Waals surface area contributed by atoms with Crippen LogP contribution in [0, 0.1) is 0 Å². The van der Waals surface area contributed by atoms with Crippen molar-refractivity contribution in [3.63, 3.8) is 0 Å². The van der Waals surface area contributed by atoms with E-state index in [2.05, 4.69) is 15.3 Å². The molecule has 8 heteroatoms. The minimum absolute atomic E-state index is 0. The zero-order valence-electron chi connectivity index (χ0n) is 12.8. The van der Waals surface area contributed by atoms with Gasteiger partial charge in [0.2, 0.25) is 5.76 Å². The van der Waals surface area contributed by atoms with Gasteiger partial charge < -0.3 is 14.5 Å². The van der Waals surface area contributed by atoms with E-state index in [0.29, 0.717) is 28.5 Å². The second kappa shape index (κ2) is 8.12. The summed E-state index contributed by atoms with van der Waals surface area (Å²) in [5, 5.41) is 4.44. The van der Waals surface area contributed by atoms with Gasteiger partial charge in [-0.2, -0.15) is 0 Å². The van der Waals surface area contributed by atoms with Gasteiger partial charge in [0.15, 0.2) is 0 Å². The lowest BCUT2D eigenvalue weighted by Crippen LogP contribution is -2.09. The first-order valence-corrected chi connectivity index (χ1v) is 7.44. The van der Waals surface area contributed by atoms with Crippen molar-refractivity contribution in [2.24, 2.45) is 0 Å². The number of hydrogen-bond acceptors (Lipinski definition) is 6. The maximum Gasteiger partial charge on any atom is 0.374 e. The molecule has 0 aliphatic heterocycles. The van der Waals surface area contributed by atoms with Gasteiger partial charge in [0.25, 0.3) is 0 Å². The summed E-state index contributed by atoms with van der Waals surface area (Å²) in [7, 11) is 0. The molecule has 0 bridgehead atoms. The number of anilines is 1. The Morgan fingerprint density at radius 1 is 1.38 bits per heavy atom. The molecule has 0 saturated heterocycles. The average molecular weight is 413 g/mol. The summed E-state index contributed by atoms with van der Waals surface area (Å²) in [6.45, 7) is 2.35. The van der Waals surface area contributed by atoms with Crippen LogP contribution in [0.3, 0.4) is 0 Å². The molecule has 126 valence electrons. The molecule has 6 nitrogen and oxygen atoms in total. The van der Waals surface area contributed by atoms with E-state index < -0.39 is 5.97 Å². The third kappa shape index (κ3) is 3.85. The molecule has 0 spiro atoms. The number of furan rings is 1. The number of nitrogens with zero attached hydrogens (tertiary/aromatic N) is 2. The lowest BCUT2D eigenvalue weighted by molar-refractivity contribution is 0.0491. The average Bonchev–Trinajstić information content (AvgIpc) is 2.92. The fourth-order valence-corrected chi connectivity index (χ4v) is 2.40. The zero-order valence-corrected chi connectivity index (χ0v) is 15.3. The molecule has 0 atom stereocenters. The number of rotatable bonds is 5. The van der Waals surface area contributed by atoms with E-state index in [1.165, 1.54) is 0 Å². The van der Waals surface area contributed by atoms with Crippen molar-refractivity contribution >= 4 is 51.3 Å². The van der Waals surface area contributed by atoms with Gasteiger partial charge in [-0.3, -0.25) is 4.98 Å². The molecule has 0 amide bonds. The van der Waals surface area contributed by atoms with Crippen molar-refractivity contribution < 1.29 is 13.9 Å². The summed E-state index contributed by atoms with van der Waals surface area (Å²) in [5.41, 5.74) is 1.25. The molecule has 0 aliphatic rings. The molecule has 3 rings (SSSR count). The van der Waals surface area contributed by atoms with Gasteiger partial charge in [-0.1, -0.05) is 11.6 Å². The number of fused-ring (bicyclic) bond motifs is 1. The molecule has 0 unspecified atom stereocenters. The third-order valence-corrected chi connectivity index (χ3v) is 3.46. The Balaban J connectivity index is 0.00000208. The number of hydrogen-bond donors (Lipinski definition) is 1. The Hall–Kier alpha value is -2.12. The molecular weight excluding hydrogens is 398 g/mol. The van der Waals surface area contributed by atoms with E-state index in [-0.39, 0.29) is 29.3 Å². The molecule has 2 aromatic heterocycles. The Morgan fingerprint density at radius 3 is 2.92 bits per heavy atom. The summed E-state index contributed by atoms with van der Waals surface area (Å²) in [6.07, 6.45) is 4.76. The molecule has 1 aromatic carbocycles. The van der Waals surface area contributed by atoms with E-state index in [4.69, 9.17) is 20.8 Å². The number of benzene rings is 1. The standard InChI is InChI=1S/C16H14ClN3O3.BrH/c1-2-22-16(21)15-12(8-20-14-9-18-5-6-19-14)11-7-10(17)3-4-13(11)23-15;/h3-7,9H,2,8H2,1H3,(H,19,20);1H. The summed E-state index contributed by atoms with van der Waals surface area (Å²) < 4.78 is 10.7. The van der Waals surface area contributed by atoms with Gasteiger partial charge >= 0.3 is 5.97 Å². The van der Waals surface area contributed by atoms with Crippen LogP contribution < -0.4 is 5.32 Å². The molecular formula is C16H15BrClN3O3. The highest BCUT2D eigenvalue weighted by Gasteiger charge is 2.21. The van der Waals surface area contributed by atoms with Crippen LogP contribution in [-0.4, -0.2) is 22.5 Å². The number of aromatic nitrogens is 2. The van der Waals surface area contributed by atoms with E-state index in [1.807, 2.05) is 0 Å². The van der Waals surface area contributed by atoms with Gasteiger partial charge in [0, 0.05) is 34.9 Å². The number of carbonyl (C=O) groups is 1. The number of nitrogens with one attached hydrogen (secondary N) is 1. The monoisotopic (exact) mass is 411 g/mol. The van der Waals surface area contributed by atoms with Crippen LogP contribution in [-0.2, 0) is 11.3 Å². The van der Waals surface area contributed by atoms with Crippen molar-refractivity contribution in [2.45, 2.75) is 13.5 Å². The maximum atomic E-state index is 12.1. The van der Waals surface area contributed by atoms with Crippen molar-refractivity contribution in [2.75, 3.05) is 11.9 Å². The number of esters is 1. The van der Waals surface area contributed by atoms with Crippen molar-refractivity contribution in [1.82, 2.24) is 9.97 Å². The van der Waals surface area contributed by atoms with E-state index >= 15 is 0 Å². The van der Waals surface area contributed by atoms with Gasteiger partial charge in [-0.15, -0.1) is 17.0 Å². The number of carbonyl (C=O) groups excluding carboxylic acids is 1. The lowest BCUT2D eigenvalue weighted by atomic mass is 10.1. The van der Waals surface area contributed by atoms with Crippen LogP contribution in [0.2, 0.25) is 5.02 Å². The van der Waals surface area contributed by atoms with Crippen LogP contribution in [0.1, 0.15) is 23.0 Å². The van der Waals surface area contributed by atoms with Crippen molar-refractivity contribution in [3.8, 4) is 0 Å². The minimum atomic E-state index is -0.504. The molecule has 1 N–H and O–H groups in total. The van der Waals surface area contributed by atoms with Crippen molar-refractivity contribution in [1.29, 1.82) is 0 Å². The Labute approximate surface area is 154 Å². The first-order valence-electron chi connectivity index (χ1n) is 7.07. The van der Waals surface area contributed by atoms with Gasteiger partial charge in [-0.25, -0.2) is 9.78 Å². The molecule has 2 heterocycles. The van der Waals surface area contributed by atoms with Crippen LogP contribution in [0.5, 0.6) is 0 Å². The fraction of sp³-hybridized carbons (Fsp3) is 0.188. The SMILES string of the molecule is Br.CCOC(=O)c1oc2ccc(Cl)cc2c1CNc1cnccn1. The lowest BCUT2D eigenvalue weighted by Gasteiger charge is -2.06. The van der Waals surface area contributed by atoms with Crippen LogP contribution >= 0.6 is 28.6 Å². The molecule has 24 heavy (non-hydrogen) atoms. The molecule has 0 radical (unpaired) electrons. The van der Waals surface area contributed by atoms with Crippen LogP contribution in [0.4, 0.5) is 5.82 Å². The predicted molar refractivity (Wildman–Crippen MR) is 96.9 cm³/mol. The Morgan fingerprint density at radius 2 is 2.21 bits per heavy atom. The molecule has 0 fully saturated rings. The van der Waals surface area contributed by atoms with Crippen LogP contribution in [0.15, 0.2) is 41.2 Å². The smallest absolute Gasteiger partial charge is 0.374 e. The molecule has 3 aromatic rings. The molecule has 0 aliphatic carbocycles. The predicted octanol–water partition coefficient (Wildman–Crippen LogP) is 4.24. The summed E-state index contributed by atoms with van der Waals surface area (Å²) in [4.78, 5) is 20.3. The number of ether oxygens (including phenoxy) is 1. The first kappa shape index (κ1) is 18.2. The van der Waals surface area contributed by atoms with Gasteiger partial charge in [0.05, 0.1) is 12.8 Å². The highest BCUT2D eigenvalue weighted by Crippen LogP contribution is 2.29. The quantitative estimate of drug-likeness (QED) is 0.632. The van der Waals surface area contributed by atoms with E-state index in [0.717, 1.165) is 5.39 Å². The maximum absolute atomic E-state index is 12.1. The summed E-state index contributed by atoms with van der Waals surface area (Å²) in [5.74, 6) is 0.259. The highest BCUT2D eigenvalue weighted by atomic mass is 79.9. The zero-order chi connectivity index (χ0) is 16.2. The number of halogens is 2. The van der Waals surface area contributed by atoms with E-state index in [9.17, 15) is 4.79 Å². The van der Waals surface area contributed by atoms with Crippen LogP contribution in [0.25, 0.3) is 11.0 Å². The normalized spacial score (nSPS) is 10.2. The van der Waals surface area contributed by atoms with Crippen molar-refractivity contribution in [3.05, 3.63) is 53.1 Å². The summed E-state index contributed by atoms with van der Waals surface area (Å²) in [6, 6.07) is 5.20. The van der Waals surface area contributed by atoms with E-state index in [1.54, 1.807) is 43.7 Å². The fourth-order valence-electron chi connectivity index (χ4n) is 2.23. The minimum Gasteiger partial charge on any atom is -0.460 e. The Kier molecular flexibility index (Phi) is 6.16.